The summed E-state index contributed by atoms with van der Waals surface area (Å²) in [6.45, 7) is 1.65. The van der Waals surface area contributed by atoms with E-state index in [2.05, 4.69) is 46.2 Å². The molecule has 2 aliphatic carbocycles. The normalized spacial score (nSPS) is 25.7. The second kappa shape index (κ2) is 10.3. The highest BCUT2D eigenvalue weighted by Crippen LogP contribution is 2.29. The zero-order chi connectivity index (χ0) is 21.7. The van der Waals surface area contributed by atoms with Crippen LogP contribution in [-0.4, -0.2) is 62.6 Å². The lowest BCUT2D eigenvalue weighted by Crippen LogP contribution is -2.31. The predicted octanol–water partition coefficient (Wildman–Crippen LogP) is 4.32. The van der Waals surface area contributed by atoms with E-state index in [1.54, 1.807) is 0 Å². The van der Waals surface area contributed by atoms with Gasteiger partial charge in [0.2, 0.25) is 0 Å². The van der Waals surface area contributed by atoms with Crippen molar-refractivity contribution in [3.8, 4) is 0 Å². The maximum atomic E-state index is 12.8. The van der Waals surface area contributed by atoms with Crippen molar-refractivity contribution in [2.75, 3.05) is 41.3 Å². The number of hydrogen-bond acceptors (Lipinski definition) is 4. The van der Waals surface area contributed by atoms with Crippen molar-refractivity contribution >= 4 is 23.7 Å². The third-order valence-electron chi connectivity index (χ3n) is 6.16. The molecule has 1 aromatic carbocycles. The van der Waals surface area contributed by atoms with E-state index in [-0.39, 0.29) is 11.8 Å². The van der Waals surface area contributed by atoms with Gasteiger partial charge >= 0.3 is 0 Å². The highest BCUT2D eigenvalue weighted by atomic mass is 16.1. The van der Waals surface area contributed by atoms with Crippen molar-refractivity contribution in [2.45, 2.75) is 38.5 Å². The second-order valence-corrected chi connectivity index (χ2v) is 9.44. The van der Waals surface area contributed by atoms with E-state index in [0.717, 1.165) is 73.9 Å². The number of nitrogens with zero attached hydrogens (tertiary/aromatic N) is 2. The van der Waals surface area contributed by atoms with Crippen LogP contribution in [0.1, 0.15) is 49.7 Å². The minimum Gasteiger partial charge on any atom is -0.309 e. The maximum absolute atomic E-state index is 12.8. The molecule has 0 aromatic heterocycles. The molecule has 0 N–H and O–H groups in total. The van der Waals surface area contributed by atoms with Crippen LogP contribution in [0.5, 0.6) is 0 Å². The van der Waals surface area contributed by atoms with Gasteiger partial charge in [0.1, 0.15) is 0 Å². The van der Waals surface area contributed by atoms with Crippen LogP contribution in [0.2, 0.25) is 0 Å². The summed E-state index contributed by atoms with van der Waals surface area (Å²) >= 11 is 0. The van der Waals surface area contributed by atoms with Gasteiger partial charge in [-0.15, -0.1) is 0 Å². The molecule has 2 atom stereocenters. The Kier molecular flexibility index (Phi) is 7.79. The van der Waals surface area contributed by atoms with Crippen LogP contribution in [0.3, 0.4) is 0 Å². The van der Waals surface area contributed by atoms with Gasteiger partial charge in [-0.25, -0.2) is 0 Å². The van der Waals surface area contributed by atoms with Crippen LogP contribution in [0.25, 0.3) is 12.2 Å². The van der Waals surface area contributed by atoms with Crippen LogP contribution in [-0.2, 0) is 9.59 Å². The van der Waals surface area contributed by atoms with Gasteiger partial charge in [-0.3, -0.25) is 9.59 Å². The standard InChI is InChI=1S/C26H36N2O2/c1-27(2)17-23-9-5-7-21(25(23)29)15-19-11-13-20(14-12-19)16-22-8-6-10-24(26(22)30)18-28(3)4/h11-16,23-24H,5-10,17-18H2,1-4H3/b21-15+,22-16+. The van der Waals surface area contributed by atoms with Crippen molar-refractivity contribution in [2.24, 2.45) is 11.8 Å². The van der Waals surface area contributed by atoms with Gasteiger partial charge in [0.05, 0.1) is 0 Å². The number of carbonyl (C=O) groups excluding carboxylic acids is 2. The van der Waals surface area contributed by atoms with Crippen LogP contribution in [0.15, 0.2) is 35.4 Å². The lowest BCUT2D eigenvalue weighted by molar-refractivity contribution is -0.121. The van der Waals surface area contributed by atoms with Gasteiger partial charge < -0.3 is 9.80 Å². The molecular formula is C26H36N2O2. The second-order valence-electron chi connectivity index (χ2n) is 9.44. The number of rotatable bonds is 6. The first-order valence-corrected chi connectivity index (χ1v) is 11.2. The monoisotopic (exact) mass is 408 g/mol. The quantitative estimate of drug-likeness (QED) is 0.658. The number of allylic oxidation sites excluding steroid dienone is 2. The average Bonchev–Trinajstić information content (AvgIpc) is 2.69. The van der Waals surface area contributed by atoms with E-state index in [0.29, 0.717) is 11.6 Å². The van der Waals surface area contributed by atoms with Gasteiger partial charge in [-0.05, 0) is 101 Å². The fourth-order valence-electron chi connectivity index (χ4n) is 4.72. The number of ketones is 2. The number of carbonyl (C=O) groups is 2. The van der Waals surface area contributed by atoms with Crippen molar-refractivity contribution in [1.29, 1.82) is 0 Å². The molecule has 30 heavy (non-hydrogen) atoms. The average molecular weight is 409 g/mol. The Morgan fingerprint density at radius 2 is 1.10 bits per heavy atom. The molecule has 0 amide bonds. The molecule has 0 saturated heterocycles. The van der Waals surface area contributed by atoms with Crippen LogP contribution in [0.4, 0.5) is 0 Å². The smallest absolute Gasteiger partial charge is 0.163 e. The summed E-state index contributed by atoms with van der Waals surface area (Å²) in [4.78, 5) is 29.8. The van der Waals surface area contributed by atoms with Crippen LogP contribution < -0.4 is 0 Å². The molecule has 2 unspecified atom stereocenters. The molecule has 2 saturated carbocycles. The number of Topliss-reactive ketones (excluding diaryl/α,β-unsaturated/α-hetero) is 2. The van der Waals surface area contributed by atoms with E-state index in [1.807, 2.05) is 28.2 Å². The highest BCUT2D eigenvalue weighted by molar-refractivity contribution is 6.02. The third-order valence-corrected chi connectivity index (χ3v) is 6.16. The molecule has 162 valence electrons. The fraction of sp³-hybridized carbons (Fsp3) is 0.538. The lowest BCUT2D eigenvalue weighted by Gasteiger charge is -2.25. The minimum atomic E-state index is 0.122. The summed E-state index contributed by atoms with van der Waals surface area (Å²) in [5, 5.41) is 0. The van der Waals surface area contributed by atoms with Gasteiger partial charge in [0.15, 0.2) is 11.6 Å². The summed E-state index contributed by atoms with van der Waals surface area (Å²) in [7, 11) is 8.10. The van der Waals surface area contributed by atoms with Crippen LogP contribution in [0, 0.1) is 11.8 Å². The minimum absolute atomic E-state index is 0.122. The molecule has 0 spiro atoms. The third kappa shape index (κ3) is 5.99. The van der Waals surface area contributed by atoms with Crippen molar-refractivity contribution in [3.63, 3.8) is 0 Å². The largest absolute Gasteiger partial charge is 0.309 e. The molecule has 2 aliphatic rings. The Morgan fingerprint density at radius 1 is 0.733 bits per heavy atom. The molecule has 4 nitrogen and oxygen atoms in total. The Bertz CT molecular complexity index is 749. The van der Waals surface area contributed by atoms with Crippen LogP contribution >= 0.6 is 0 Å². The van der Waals surface area contributed by atoms with Gasteiger partial charge in [0, 0.05) is 24.9 Å². The zero-order valence-corrected chi connectivity index (χ0v) is 19.0. The molecule has 1 aromatic rings. The SMILES string of the molecule is CN(C)CC1CCC/C(=C\c2ccc(/C=C3\CCCC(CN(C)C)C3=O)cc2)C1=O. The molecule has 0 bridgehead atoms. The van der Waals surface area contributed by atoms with E-state index < -0.39 is 0 Å². The van der Waals surface area contributed by atoms with E-state index in [1.165, 1.54) is 0 Å². The highest BCUT2D eigenvalue weighted by Gasteiger charge is 2.27. The first-order valence-electron chi connectivity index (χ1n) is 11.2. The Morgan fingerprint density at radius 3 is 1.43 bits per heavy atom. The van der Waals surface area contributed by atoms with Crippen molar-refractivity contribution in [1.82, 2.24) is 9.80 Å². The number of benzene rings is 1. The molecule has 2 fully saturated rings. The molecule has 4 heteroatoms. The fourth-order valence-corrected chi connectivity index (χ4v) is 4.72. The molecule has 0 heterocycles. The Labute approximate surface area is 181 Å². The van der Waals surface area contributed by atoms with Gasteiger partial charge in [0.25, 0.3) is 0 Å². The lowest BCUT2D eigenvalue weighted by atomic mass is 9.82. The van der Waals surface area contributed by atoms with Crippen molar-refractivity contribution in [3.05, 3.63) is 46.5 Å². The molecule has 3 rings (SSSR count). The molecule has 0 aliphatic heterocycles. The van der Waals surface area contributed by atoms with E-state index in [4.69, 9.17) is 0 Å². The summed E-state index contributed by atoms with van der Waals surface area (Å²) < 4.78 is 0. The van der Waals surface area contributed by atoms with Gasteiger partial charge in [-0.1, -0.05) is 24.3 Å². The van der Waals surface area contributed by atoms with E-state index in [9.17, 15) is 9.59 Å². The predicted molar refractivity (Wildman–Crippen MR) is 124 cm³/mol. The summed E-state index contributed by atoms with van der Waals surface area (Å²) in [6.07, 6.45) is 9.99. The topological polar surface area (TPSA) is 40.6 Å². The summed E-state index contributed by atoms with van der Waals surface area (Å²) in [5.41, 5.74) is 4.03. The van der Waals surface area contributed by atoms with E-state index >= 15 is 0 Å². The summed E-state index contributed by atoms with van der Waals surface area (Å²) in [5.74, 6) is 0.856. The zero-order valence-electron chi connectivity index (χ0n) is 19.0. The maximum Gasteiger partial charge on any atom is 0.163 e. The van der Waals surface area contributed by atoms with Crippen molar-refractivity contribution < 1.29 is 9.59 Å². The number of hydrogen-bond donors (Lipinski definition) is 0. The summed E-state index contributed by atoms with van der Waals surface area (Å²) in [6, 6.07) is 8.25. The first-order chi connectivity index (χ1) is 14.3. The Hall–Kier alpha value is -2.04. The van der Waals surface area contributed by atoms with Gasteiger partial charge in [-0.2, -0.15) is 0 Å². The molecule has 0 radical (unpaired) electrons. The first kappa shape index (κ1) is 22.6. The molecular weight excluding hydrogens is 372 g/mol. The Balaban J connectivity index is 1.70.